The van der Waals surface area contributed by atoms with Crippen LogP contribution in [-0.4, -0.2) is 6.03 Å². The van der Waals surface area contributed by atoms with Crippen LogP contribution >= 0.6 is 11.3 Å². The van der Waals surface area contributed by atoms with E-state index in [9.17, 15) is 9.18 Å². The van der Waals surface area contributed by atoms with Gasteiger partial charge in [0.2, 0.25) is 0 Å². The summed E-state index contributed by atoms with van der Waals surface area (Å²) in [5.41, 5.74) is 0.644. The number of urea groups is 1. The zero-order valence-corrected chi connectivity index (χ0v) is 13.5. The molecule has 122 valence electrons. The summed E-state index contributed by atoms with van der Waals surface area (Å²) in [5, 5.41) is 7.49. The quantitative estimate of drug-likeness (QED) is 0.685. The van der Waals surface area contributed by atoms with Crippen molar-refractivity contribution in [3.63, 3.8) is 0 Å². The van der Waals surface area contributed by atoms with E-state index >= 15 is 0 Å². The lowest BCUT2D eigenvalue weighted by molar-refractivity contribution is 0.252. The first-order valence-electron chi connectivity index (χ1n) is 7.30. The highest BCUT2D eigenvalue weighted by molar-refractivity contribution is 7.09. The second-order valence-corrected chi connectivity index (χ2v) is 6.00. The molecule has 3 aromatic rings. The molecule has 0 unspecified atom stereocenters. The minimum Gasteiger partial charge on any atom is -0.457 e. The van der Waals surface area contributed by atoms with Crippen molar-refractivity contribution in [2.24, 2.45) is 0 Å². The Labute approximate surface area is 142 Å². The molecule has 4 nitrogen and oxygen atoms in total. The second kappa shape index (κ2) is 7.61. The minimum atomic E-state index is -0.354. The molecule has 0 spiro atoms. The van der Waals surface area contributed by atoms with Crippen LogP contribution in [0.1, 0.15) is 4.88 Å². The normalized spacial score (nSPS) is 10.2. The first kappa shape index (κ1) is 16.0. The number of carbonyl (C=O) groups excluding carboxylic acids is 1. The molecule has 1 heterocycles. The van der Waals surface area contributed by atoms with Crippen molar-refractivity contribution < 1.29 is 13.9 Å². The Kier molecular flexibility index (Phi) is 5.08. The third-order valence-corrected chi connectivity index (χ3v) is 4.02. The summed E-state index contributed by atoms with van der Waals surface area (Å²) >= 11 is 1.59. The van der Waals surface area contributed by atoms with Crippen molar-refractivity contribution in [2.45, 2.75) is 6.54 Å². The maximum absolute atomic E-state index is 13.1. The summed E-state index contributed by atoms with van der Waals surface area (Å²) in [7, 11) is 0. The van der Waals surface area contributed by atoms with Crippen LogP contribution in [0, 0.1) is 5.82 Å². The number of thiophene rings is 1. The molecule has 0 saturated carbocycles. The average Bonchev–Trinajstić information content (AvgIpc) is 3.08. The smallest absolute Gasteiger partial charge is 0.319 e. The molecule has 0 aliphatic rings. The predicted molar refractivity (Wildman–Crippen MR) is 93.1 cm³/mol. The number of hydrogen-bond donors (Lipinski definition) is 2. The molecule has 1 aromatic heterocycles. The number of anilines is 1. The summed E-state index contributed by atoms with van der Waals surface area (Å²) in [4.78, 5) is 12.9. The Morgan fingerprint density at radius 2 is 1.88 bits per heavy atom. The fourth-order valence-electron chi connectivity index (χ4n) is 2.03. The summed E-state index contributed by atoms with van der Waals surface area (Å²) in [6.07, 6.45) is 0. The molecule has 0 saturated heterocycles. The Morgan fingerprint density at radius 1 is 1.04 bits per heavy atom. The number of benzene rings is 2. The van der Waals surface area contributed by atoms with Gasteiger partial charge in [0.1, 0.15) is 17.3 Å². The van der Waals surface area contributed by atoms with E-state index in [1.54, 1.807) is 47.7 Å². The zero-order valence-electron chi connectivity index (χ0n) is 12.7. The maximum atomic E-state index is 13.1. The van der Waals surface area contributed by atoms with Gasteiger partial charge in [-0.1, -0.05) is 12.1 Å². The van der Waals surface area contributed by atoms with E-state index in [-0.39, 0.29) is 11.8 Å². The van der Waals surface area contributed by atoms with E-state index in [4.69, 9.17) is 4.74 Å². The molecule has 0 atom stereocenters. The van der Waals surface area contributed by atoms with Gasteiger partial charge >= 0.3 is 6.03 Å². The van der Waals surface area contributed by atoms with Crippen LogP contribution in [0.5, 0.6) is 11.5 Å². The van der Waals surface area contributed by atoms with Crippen molar-refractivity contribution >= 4 is 23.1 Å². The van der Waals surface area contributed by atoms with Crippen LogP contribution < -0.4 is 15.4 Å². The van der Waals surface area contributed by atoms with Crippen LogP contribution in [0.3, 0.4) is 0 Å². The predicted octanol–water partition coefficient (Wildman–Crippen LogP) is 5.00. The Hall–Kier alpha value is -2.86. The van der Waals surface area contributed by atoms with Crippen LogP contribution in [0.2, 0.25) is 0 Å². The molecule has 0 aliphatic carbocycles. The SMILES string of the molecule is O=C(NCc1cccs1)Nc1ccc(Oc2cccc(F)c2)cc1. The van der Waals surface area contributed by atoms with Crippen molar-refractivity contribution in [3.8, 4) is 11.5 Å². The van der Waals surface area contributed by atoms with E-state index in [0.717, 1.165) is 4.88 Å². The van der Waals surface area contributed by atoms with E-state index in [2.05, 4.69) is 10.6 Å². The molecule has 0 bridgehead atoms. The van der Waals surface area contributed by atoms with Gasteiger partial charge < -0.3 is 15.4 Å². The first-order valence-corrected chi connectivity index (χ1v) is 8.18. The maximum Gasteiger partial charge on any atom is 0.319 e. The fraction of sp³-hybridized carbons (Fsp3) is 0.0556. The Balaban J connectivity index is 1.53. The third-order valence-electron chi connectivity index (χ3n) is 3.15. The first-order chi connectivity index (χ1) is 11.7. The van der Waals surface area contributed by atoms with Crippen LogP contribution in [0.4, 0.5) is 14.9 Å². The number of carbonyl (C=O) groups is 1. The Morgan fingerprint density at radius 3 is 2.58 bits per heavy atom. The highest BCUT2D eigenvalue weighted by atomic mass is 32.1. The van der Waals surface area contributed by atoms with Gasteiger partial charge in [-0.05, 0) is 47.8 Å². The summed E-state index contributed by atoms with van der Waals surface area (Å²) in [5.74, 6) is 0.628. The molecule has 24 heavy (non-hydrogen) atoms. The molecule has 2 amide bonds. The number of hydrogen-bond acceptors (Lipinski definition) is 3. The molecule has 0 aliphatic heterocycles. The molecule has 2 N–H and O–H groups in total. The molecule has 0 radical (unpaired) electrons. The van der Waals surface area contributed by atoms with Gasteiger partial charge in [-0.3, -0.25) is 0 Å². The van der Waals surface area contributed by atoms with E-state index in [0.29, 0.717) is 23.7 Å². The number of rotatable bonds is 5. The highest BCUT2D eigenvalue weighted by Gasteiger charge is 2.03. The second-order valence-electron chi connectivity index (χ2n) is 4.97. The number of halogens is 1. The minimum absolute atomic E-state index is 0.276. The summed E-state index contributed by atoms with van der Waals surface area (Å²) in [6.45, 7) is 0.490. The lowest BCUT2D eigenvalue weighted by atomic mass is 10.3. The van der Waals surface area contributed by atoms with Gasteiger partial charge in [0.15, 0.2) is 0 Å². The van der Waals surface area contributed by atoms with Crippen molar-refractivity contribution in [1.82, 2.24) is 5.32 Å². The van der Waals surface area contributed by atoms with Crippen LogP contribution in [0.15, 0.2) is 66.0 Å². The number of amides is 2. The van der Waals surface area contributed by atoms with Gasteiger partial charge in [-0.25, -0.2) is 9.18 Å². The van der Waals surface area contributed by atoms with Crippen LogP contribution in [-0.2, 0) is 6.54 Å². The average molecular weight is 342 g/mol. The van der Waals surface area contributed by atoms with Gasteiger partial charge in [-0.2, -0.15) is 0 Å². The Bertz CT molecular complexity index is 804. The van der Waals surface area contributed by atoms with Gasteiger partial charge in [0.05, 0.1) is 6.54 Å². The van der Waals surface area contributed by atoms with E-state index < -0.39 is 0 Å². The van der Waals surface area contributed by atoms with Crippen molar-refractivity contribution in [1.29, 1.82) is 0 Å². The monoisotopic (exact) mass is 342 g/mol. The van der Waals surface area contributed by atoms with Gasteiger partial charge in [-0.15, -0.1) is 11.3 Å². The topological polar surface area (TPSA) is 50.4 Å². The molecular formula is C18H15FN2O2S. The molecule has 6 heteroatoms. The molecule has 3 rings (SSSR count). The van der Waals surface area contributed by atoms with Crippen LogP contribution in [0.25, 0.3) is 0 Å². The molecular weight excluding hydrogens is 327 g/mol. The lowest BCUT2D eigenvalue weighted by Crippen LogP contribution is -2.27. The fourth-order valence-corrected chi connectivity index (χ4v) is 2.67. The van der Waals surface area contributed by atoms with Gasteiger partial charge in [0, 0.05) is 16.6 Å². The van der Waals surface area contributed by atoms with Gasteiger partial charge in [0.25, 0.3) is 0 Å². The largest absolute Gasteiger partial charge is 0.457 e. The van der Waals surface area contributed by atoms with E-state index in [1.807, 2.05) is 17.5 Å². The highest BCUT2D eigenvalue weighted by Crippen LogP contribution is 2.23. The lowest BCUT2D eigenvalue weighted by Gasteiger charge is -2.09. The summed E-state index contributed by atoms with van der Waals surface area (Å²) < 4.78 is 18.7. The number of ether oxygens (including phenoxy) is 1. The van der Waals surface area contributed by atoms with E-state index in [1.165, 1.54) is 12.1 Å². The van der Waals surface area contributed by atoms with Crippen molar-refractivity contribution in [2.75, 3.05) is 5.32 Å². The zero-order chi connectivity index (χ0) is 16.8. The number of nitrogens with one attached hydrogen (secondary N) is 2. The van der Waals surface area contributed by atoms with Crippen molar-refractivity contribution in [3.05, 3.63) is 76.7 Å². The summed E-state index contributed by atoms with van der Waals surface area (Å²) in [6, 6.07) is 16.4. The molecule has 0 fully saturated rings. The molecule has 2 aromatic carbocycles. The standard InChI is InChI=1S/C18H15FN2O2S/c19-13-3-1-4-16(11-13)23-15-8-6-14(7-9-15)21-18(22)20-12-17-5-2-10-24-17/h1-11H,12H2,(H2,20,21,22). The third kappa shape index (κ3) is 4.57.